The largest absolute Gasteiger partial charge is 0.268 e. The maximum Gasteiger partial charge on any atom is 0.268 e. The summed E-state index contributed by atoms with van der Waals surface area (Å²) < 4.78 is 38.4. The highest BCUT2D eigenvalue weighted by molar-refractivity contribution is 6.17. The smallest absolute Gasteiger partial charge is 0.259 e. The molecule has 80 valence electrons. The maximum atomic E-state index is 13.4. The molecule has 0 fully saturated rings. The first kappa shape index (κ1) is 11.8. The number of rotatable bonds is 3. The molecular formula is C9H6ClF3N2. The van der Waals surface area contributed by atoms with Gasteiger partial charge in [0, 0.05) is 11.8 Å². The predicted molar refractivity (Wildman–Crippen MR) is 48.0 cm³/mol. The van der Waals surface area contributed by atoms with Gasteiger partial charge in [-0.15, -0.1) is 11.6 Å². The van der Waals surface area contributed by atoms with Gasteiger partial charge in [0.15, 0.2) is 0 Å². The lowest BCUT2D eigenvalue weighted by Gasteiger charge is -2.08. The lowest BCUT2D eigenvalue weighted by molar-refractivity contribution is 0.144. The average molecular weight is 235 g/mol. The molecule has 1 aromatic rings. The normalized spacial score (nSPS) is 10.4. The third kappa shape index (κ3) is 2.39. The summed E-state index contributed by atoms with van der Waals surface area (Å²) in [6.45, 7) is 0. The molecule has 2 nitrogen and oxygen atoms in total. The van der Waals surface area contributed by atoms with Crippen LogP contribution in [0.4, 0.5) is 13.2 Å². The Morgan fingerprint density at radius 1 is 1.53 bits per heavy atom. The summed E-state index contributed by atoms with van der Waals surface area (Å²) in [6.07, 6.45) is -2.27. The fourth-order valence-corrected chi connectivity index (χ4v) is 1.30. The molecule has 0 spiro atoms. The van der Waals surface area contributed by atoms with Crippen LogP contribution in [-0.2, 0) is 12.3 Å². The van der Waals surface area contributed by atoms with Crippen LogP contribution in [0.1, 0.15) is 23.2 Å². The number of nitriles is 1. The zero-order chi connectivity index (χ0) is 11.4. The van der Waals surface area contributed by atoms with Crippen molar-refractivity contribution in [3.8, 4) is 6.07 Å². The van der Waals surface area contributed by atoms with Gasteiger partial charge in [0.1, 0.15) is 5.82 Å². The van der Waals surface area contributed by atoms with Gasteiger partial charge in [-0.05, 0) is 0 Å². The zero-order valence-electron chi connectivity index (χ0n) is 7.48. The van der Waals surface area contributed by atoms with Crippen molar-refractivity contribution < 1.29 is 13.2 Å². The van der Waals surface area contributed by atoms with Gasteiger partial charge in [0.25, 0.3) is 6.43 Å². The van der Waals surface area contributed by atoms with Gasteiger partial charge in [-0.1, -0.05) is 0 Å². The van der Waals surface area contributed by atoms with E-state index in [1.165, 1.54) is 0 Å². The van der Waals surface area contributed by atoms with Crippen LogP contribution in [0.5, 0.6) is 0 Å². The van der Waals surface area contributed by atoms with Gasteiger partial charge in [0.05, 0.1) is 29.6 Å². The molecule has 0 aliphatic carbocycles. The second-order valence-electron chi connectivity index (χ2n) is 2.73. The van der Waals surface area contributed by atoms with Crippen molar-refractivity contribution in [2.75, 3.05) is 0 Å². The van der Waals surface area contributed by atoms with Gasteiger partial charge < -0.3 is 0 Å². The Labute approximate surface area is 89.3 Å². The van der Waals surface area contributed by atoms with Crippen molar-refractivity contribution in [3.05, 3.63) is 28.8 Å². The van der Waals surface area contributed by atoms with Crippen molar-refractivity contribution in [3.63, 3.8) is 0 Å². The fraction of sp³-hybridized carbons (Fsp3) is 0.333. The number of aromatic nitrogens is 1. The molecule has 1 aromatic heterocycles. The summed E-state index contributed by atoms with van der Waals surface area (Å²) >= 11 is 5.35. The van der Waals surface area contributed by atoms with Crippen molar-refractivity contribution >= 4 is 11.6 Å². The monoisotopic (exact) mass is 234 g/mol. The van der Waals surface area contributed by atoms with Crippen LogP contribution in [-0.4, -0.2) is 4.98 Å². The molecule has 0 unspecified atom stereocenters. The highest BCUT2D eigenvalue weighted by Gasteiger charge is 2.21. The summed E-state index contributed by atoms with van der Waals surface area (Å²) in [5.74, 6) is -1.30. The third-order valence-corrected chi connectivity index (χ3v) is 2.10. The van der Waals surface area contributed by atoms with E-state index in [0.29, 0.717) is 0 Å². The van der Waals surface area contributed by atoms with Crippen LogP contribution < -0.4 is 0 Å². The topological polar surface area (TPSA) is 36.7 Å². The van der Waals surface area contributed by atoms with Crippen molar-refractivity contribution in [2.24, 2.45) is 0 Å². The minimum atomic E-state index is -3.00. The Morgan fingerprint density at radius 3 is 2.67 bits per heavy atom. The van der Waals surface area contributed by atoms with Crippen LogP contribution in [0.15, 0.2) is 6.20 Å². The van der Waals surface area contributed by atoms with E-state index in [-0.39, 0.29) is 23.6 Å². The number of alkyl halides is 3. The van der Waals surface area contributed by atoms with Crippen LogP contribution in [0.2, 0.25) is 0 Å². The molecule has 0 N–H and O–H groups in total. The van der Waals surface area contributed by atoms with Gasteiger partial charge in [0.2, 0.25) is 0 Å². The molecule has 0 amide bonds. The van der Waals surface area contributed by atoms with Crippen LogP contribution in [0.25, 0.3) is 0 Å². The van der Waals surface area contributed by atoms with Crippen molar-refractivity contribution in [1.82, 2.24) is 4.98 Å². The molecule has 1 heterocycles. The Morgan fingerprint density at radius 2 is 2.20 bits per heavy atom. The summed E-state index contributed by atoms with van der Waals surface area (Å²) in [6, 6.07) is 1.65. The molecule has 0 saturated heterocycles. The number of pyridine rings is 1. The summed E-state index contributed by atoms with van der Waals surface area (Å²) in [7, 11) is 0. The number of hydrogen-bond donors (Lipinski definition) is 0. The fourth-order valence-electron chi connectivity index (χ4n) is 1.11. The van der Waals surface area contributed by atoms with E-state index < -0.39 is 17.8 Å². The Bertz CT molecular complexity index is 401. The lowest BCUT2D eigenvalue weighted by Crippen LogP contribution is -2.04. The van der Waals surface area contributed by atoms with E-state index >= 15 is 0 Å². The van der Waals surface area contributed by atoms with Crippen LogP contribution >= 0.6 is 11.6 Å². The average Bonchev–Trinajstić information content (AvgIpc) is 2.18. The molecule has 0 aliphatic rings. The molecule has 0 saturated carbocycles. The van der Waals surface area contributed by atoms with Crippen molar-refractivity contribution in [2.45, 2.75) is 18.7 Å². The molecule has 0 atom stereocenters. The number of nitrogens with zero attached hydrogens (tertiary/aromatic N) is 2. The van der Waals surface area contributed by atoms with E-state index in [1.54, 1.807) is 6.07 Å². The highest BCUT2D eigenvalue weighted by atomic mass is 35.5. The second kappa shape index (κ2) is 4.99. The van der Waals surface area contributed by atoms with Crippen molar-refractivity contribution in [1.29, 1.82) is 5.26 Å². The predicted octanol–water partition coefficient (Wildman–Crippen LogP) is 2.96. The molecule has 1 rings (SSSR count). The zero-order valence-corrected chi connectivity index (χ0v) is 8.23. The molecule has 0 aromatic carbocycles. The minimum absolute atomic E-state index is 0.0892. The summed E-state index contributed by atoms with van der Waals surface area (Å²) in [4.78, 5) is 3.59. The van der Waals surface area contributed by atoms with E-state index in [4.69, 9.17) is 16.9 Å². The second-order valence-corrected chi connectivity index (χ2v) is 2.99. The van der Waals surface area contributed by atoms with Gasteiger partial charge in [-0.2, -0.15) is 5.26 Å². The molecular weight excluding hydrogens is 229 g/mol. The number of hydrogen-bond acceptors (Lipinski definition) is 2. The standard InChI is InChI=1S/C9H6ClF3N2/c10-3-5-4-15-6(1-2-14)7(8(5)11)9(12)13/h4,9H,1,3H2. The molecule has 6 heteroatoms. The maximum absolute atomic E-state index is 13.4. The summed E-state index contributed by atoms with van der Waals surface area (Å²) in [5, 5.41) is 8.36. The van der Waals surface area contributed by atoms with E-state index in [2.05, 4.69) is 4.98 Å². The van der Waals surface area contributed by atoms with Crippen LogP contribution in [0.3, 0.4) is 0 Å². The van der Waals surface area contributed by atoms with Crippen LogP contribution in [0, 0.1) is 17.1 Å². The highest BCUT2D eigenvalue weighted by Crippen LogP contribution is 2.27. The van der Waals surface area contributed by atoms with E-state index in [1.807, 2.05) is 0 Å². The Hall–Kier alpha value is -1.28. The van der Waals surface area contributed by atoms with Gasteiger partial charge in [-0.3, -0.25) is 4.98 Å². The Balaban J connectivity index is 3.32. The Kier molecular flexibility index (Phi) is 3.92. The third-order valence-electron chi connectivity index (χ3n) is 1.81. The molecule has 0 aliphatic heterocycles. The first-order chi connectivity index (χ1) is 7.11. The van der Waals surface area contributed by atoms with Gasteiger partial charge in [-0.25, -0.2) is 13.2 Å². The first-order valence-electron chi connectivity index (χ1n) is 3.99. The molecule has 15 heavy (non-hydrogen) atoms. The first-order valence-corrected chi connectivity index (χ1v) is 4.52. The summed E-state index contributed by atoms with van der Waals surface area (Å²) in [5.41, 5.74) is -1.15. The minimum Gasteiger partial charge on any atom is -0.259 e. The number of halogens is 4. The van der Waals surface area contributed by atoms with Gasteiger partial charge >= 0.3 is 0 Å². The lowest BCUT2D eigenvalue weighted by atomic mass is 10.1. The quantitative estimate of drug-likeness (QED) is 0.754. The molecule has 0 bridgehead atoms. The SMILES string of the molecule is N#CCc1ncc(CCl)c(F)c1C(F)F. The molecule has 0 radical (unpaired) electrons. The van der Waals surface area contributed by atoms with E-state index in [0.717, 1.165) is 6.20 Å². The van der Waals surface area contributed by atoms with E-state index in [9.17, 15) is 13.2 Å².